The minimum Gasteiger partial charge on any atom is -0.480 e. The molecule has 0 aliphatic rings. The molecule has 0 amide bonds. The van der Waals surface area contributed by atoms with E-state index < -0.39 is 0 Å². The molecule has 1 atom stereocenters. The number of thiazole rings is 1. The maximum absolute atomic E-state index is 5.53. The van der Waals surface area contributed by atoms with Gasteiger partial charge in [0.25, 0.3) is 0 Å². The molecule has 2 rings (SSSR count). The summed E-state index contributed by atoms with van der Waals surface area (Å²) in [6.07, 6.45) is 2.56. The minimum absolute atomic E-state index is 0.0751. The van der Waals surface area contributed by atoms with Crippen LogP contribution in [0.15, 0.2) is 23.8 Å². The summed E-state index contributed by atoms with van der Waals surface area (Å²) in [4.78, 5) is 5.17. The van der Waals surface area contributed by atoms with Gasteiger partial charge in [-0.2, -0.15) is 5.10 Å². The zero-order valence-electron chi connectivity index (χ0n) is 9.33. The first-order chi connectivity index (χ1) is 8.33. The predicted molar refractivity (Wildman–Crippen MR) is 64.5 cm³/mol. The Morgan fingerprint density at radius 1 is 1.47 bits per heavy atom. The lowest BCUT2D eigenvalue weighted by atomic mass is 10.1. The number of nitrogens with zero attached hydrogens (tertiary/aromatic N) is 3. The van der Waals surface area contributed by atoms with Crippen LogP contribution in [0, 0.1) is 0 Å². The molecule has 7 heteroatoms. The second kappa shape index (κ2) is 5.67. The van der Waals surface area contributed by atoms with E-state index in [9.17, 15) is 0 Å². The largest absolute Gasteiger partial charge is 0.480 e. The molecule has 2 aromatic rings. The molecule has 90 valence electrons. The van der Waals surface area contributed by atoms with Gasteiger partial charge in [0.1, 0.15) is 0 Å². The molecule has 17 heavy (non-hydrogen) atoms. The number of hydrazine groups is 1. The Labute approximate surface area is 103 Å². The number of hydrogen-bond acceptors (Lipinski definition) is 7. The van der Waals surface area contributed by atoms with Crippen molar-refractivity contribution in [2.75, 3.05) is 7.11 Å². The van der Waals surface area contributed by atoms with Gasteiger partial charge in [-0.05, 0) is 6.07 Å². The average molecular weight is 251 g/mol. The molecule has 6 nitrogen and oxygen atoms in total. The fraction of sp³-hybridized carbons (Fsp3) is 0.300. The summed E-state index contributed by atoms with van der Waals surface area (Å²) in [5.41, 5.74) is 5.30. The third kappa shape index (κ3) is 2.96. The highest BCUT2D eigenvalue weighted by molar-refractivity contribution is 7.09. The minimum atomic E-state index is -0.0751. The maximum Gasteiger partial charge on any atom is 0.233 e. The molecule has 1 unspecified atom stereocenters. The van der Waals surface area contributed by atoms with E-state index in [-0.39, 0.29) is 6.04 Å². The third-order valence-corrected chi connectivity index (χ3v) is 3.12. The first-order valence-corrected chi connectivity index (χ1v) is 5.92. The van der Waals surface area contributed by atoms with Gasteiger partial charge >= 0.3 is 0 Å². The third-order valence-electron chi connectivity index (χ3n) is 2.32. The smallest absolute Gasteiger partial charge is 0.233 e. The average Bonchev–Trinajstić information content (AvgIpc) is 2.89. The summed E-state index contributed by atoms with van der Waals surface area (Å²) in [5.74, 6) is 6.02. The predicted octanol–water partition coefficient (Wildman–Crippen LogP) is 0.689. The van der Waals surface area contributed by atoms with Gasteiger partial charge < -0.3 is 4.74 Å². The molecule has 0 aromatic carbocycles. The summed E-state index contributed by atoms with van der Waals surface area (Å²) >= 11 is 1.59. The molecule has 3 N–H and O–H groups in total. The van der Waals surface area contributed by atoms with Gasteiger partial charge in [-0.1, -0.05) is 0 Å². The number of aromatic nitrogens is 3. The molecule has 0 saturated carbocycles. The topological polar surface area (TPSA) is 86.0 Å². The fourth-order valence-corrected chi connectivity index (χ4v) is 2.06. The SMILES string of the molecule is COc1ccc(C(Cc2cncs2)NN)nn1. The summed E-state index contributed by atoms with van der Waals surface area (Å²) in [7, 11) is 1.56. The van der Waals surface area contributed by atoms with Crippen LogP contribution in [0.1, 0.15) is 16.6 Å². The highest BCUT2D eigenvalue weighted by Crippen LogP contribution is 2.18. The Morgan fingerprint density at radius 3 is 2.88 bits per heavy atom. The highest BCUT2D eigenvalue weighted by Gasteiger charge is 2.13. The normalized spacial score (nSPS) is 12.4. The quantitative estimate of drug-likeness (QED) is 0.600. The fourth-order valence-electron chi connectivity index (χ4n) is 1.42. The van der Waals surface area contributed by atoms with E-state index in [1.54, 1.807) is 30.0 Å². The summed E-state index contributed by atoms with van der Waals surface area (Å²) < 4.78 is 4.96. The molecule has 2 heterocycles. The molecule has 0 radical (unpaired) electrons. The van der Waals surface area contributed by atoms with Crippen LogP contribution in [0.2, 0.25) is 0 Å². The van der Waals surface area contributed by atoms with Crippen molar-refractivity contribution in [1.29, 1.82) is 0 Å². The number of ether oxygens (including phenoxy) is 1. The Hall–Kier alpha value is -1.57. The van der Waals surface area contributed by atoms with Gasteiger partial charge in [-0.3, -0.25) is 16.3 Å². The Kier molecular flexibility index (Phi) is 3.97. The van der Waals surface area contributed by atoms with Crippen molar-refractivity contribution >= 4 is 11.3 Å². The van der Waals surface area contributed by atoms with Crippen LogP contribution in [-0.4, -0.2) is 22.3 Å². The lowest BCUT2D eigenvalue weighted by molar-refractivity contribution is 0.389. The zero-order valence-corrected chi connectivity index (χ0v) is 10.1. The summed E-state index contributed by atoms with van der Waals surface area (Å²) in [6, 6.07) is 3.53. The Balaban J connectivity index is 2.11. The van der Waals surface area contributed by atoms with E-state index in [4.69, 9.17) is 10.6 Å². The number of rotatable bonds is 5. The van der Waals surface area contributed by atoms with Gasteiger partial charge in [-0.15, -0.1) is 16.4 Å². The van der Waals surface area contributed by atoms with Crippen LogP contribution < -0.4 is 16.0 Å². The Morgan fingerprint density at radius 2 is 2.35 bits per heavy atom. The molecule has 0 bridgehead atoms. The monoisotopic (exact) mass is 251 g/mol. The van der Waals surface area contributed by atoms with Crippen molar-refractivity contribution < 1.29 is 4.74 Å². The molecular weight excluding hydrogens is 238 g/mol. The Bertz CT molecular complexity index is 444. The molecule has 0 spiro atoms. The lowest BCUT2D eigenvalue weighted by Gasteiger charge is -2.13. The van der Waals surface area contributed by atoms with Gasteiger partial charge in [0.05, 0.1) is 24.4 Å². The summed E-state index contributed by atoms with van der Waals surface area (Å²) in [6.45, 7) is 0. The van der Waals surface area contributed by atoms with E-state index in [2.05, 4.69) is 20.6 Å². The number of nitrogens with two attached hydrogens (primary N) is 1. The lowest BCUT2D eigenvalue weighted by Crippen LogP contribution is -2.30. The van der Waals surface area contributed by atoms with Crippen molar-refractivity contribution in [1.82, 2.24) is 20.6 Å². The van der Waals surface area contributed by atoms with Crippen molar-refractivity contribution in [3.63, 3.8) is 0 Å². The second-order valence-corrected chi connectivity index (χ2v) is 4.36. The van der Waals surface area contributed by atoms with Crippen LogP contribution in [0.5, 0.6) is 5.88 Å². The highest BCUT2D eigenvalue weighted by atomic mass is 32.1. The van der Waals surface area contributed by atoms with Gasteiger partial charge in [0.2, 0.25) is 5.88 Å². The van der Waals surface area contributed by atoms with Crippen LogP contribution in [0.4, 0.5) is 0 Å². The molecule has 0 saturated heterocycles. The standard InChI is InChI=1S/C10H13N5OS/c1-16-10-3-2-8(14-15-10)9(13-11)4-7-5-12-6-17-7/h2-3,5-6,9,13H,4,11H2,1H3. The van der Waals surface area contributed by atoms with E-state index in [0.29, 0.717) is 5.88 Å². The number of nitrogens with one attached hydrogen (secondary N) is 1. The van der Waals surface area contributed by atoms with Crippen LogP contribution in [0.3, 0.4) is 0 Å². The van der Waals surface area contributed by atoms with Crippen LogP contribution in [0.25, 0.3) is 0 Å². The van der Waals surface area contributed by atoms with E-state index >= 15 is 0 Å². The van der Waals surface area contributed by atoms with Crippen molar-refractivity contribution in [2.45, 2.75) is 12.5 Å². The van der Waals surface area contributed by atoms with Gasteiger partial charge in [0.15, 0.2) is 0 Å². The van der Waals surface area contributed by atoms with Crippen molar-refractivity contribution in [3.05, 3.63) is 34.4 Å². The zero-order chi connectivity index (χ0) is 12.1. The van der Waals surface area contributed by atoms with Crippen LogP contribution in [-0.2, 0) is 6.42 Å². The number of hydrogen-bond donors (Lipinski definition) is 2. The molecule has 0 fully saturated rings. The van der Waals surface area contributed by atoms with Crippen LogP contribution >= 0.6 is 11.3 Å². The van der Waals surface area contributed by atoms with Crippen molar-refractivity contribution in [2.24, 2.45) is 5.84 Å². The van der Waals surface area contributed by atoms with Crippen molar-refractivity contribution in [3.8, 4) is 5.88 Å². The first kappa shape index (κ1) is 11.9. The first-order valence-electron chi connectivity index (χ1n) is 5.04. The van der Waals surface area contributed by atoms with Gasteiger partial charge in [0, 0.05) is 23.6 Å². The van der Waals surface area contributed by atoms with E-state index in [1.807, 2.05) is 12.3 Å². The molecule has 0 aliphatic carbocycles. The summed E-state index contributed by atoms with van der Waals surface area (Å²) in [5, 5.41) is 7.98. The van der Waals surface area contributed by atoms with Gasteiger partial charge in [-0.25, -0.2) is 0 Å². The number of methoxy groups -OCH3 is 1. The molecule has 2 aromatic heterocycles. The maximum atomic E-state index is 5.53. The molecular formula is C10H13N5OS. The molecule has 0 aliphatic heterocycles. The van der Waals surface area contributed by atoms with E-state index in [0.717, 1.165) is 17.0 Å². The second-order valence-electron chi connectivity index (χ2n) is 3.39. The van der Waals surface area contributed by atoms with E-state index in [1.165, 1.54) is 0 Å².